The molecule has 1 aliphatic carbocycles. The van der Waals surface area contributed by atoms with Crippen LogP contribution < -0.4 is 9.54 Å². The number of hydrogen-bond acceptors (Lipinski definition) is 5. The number of aryl methyl sites for hydroxylation is 1. The van der Waals surface area contributed by atoms with Crippen molar-refractivity contribution in [1.29, 1.82) is 0 Å². The van der Waals surface area contributed by atoms with Gasteiger partial charge in [0, 0.05) is 17.5 Å². The molecule has 0 bridgehead atoms. The van der Waals surface area contributed by atoms with E-state index in [0.29, 0.717) is 6.04 Å². The molecule has 3 rings (SSSR count). The minimum atomic E-state index is 0.463. The molecule has 1 heterocycles. The van der Waals surface area contributed by atoms with Gasteiger partial charge in [-0.05, 0) is 31.0 Å². The summed E-state index contributed by atoms with van der Waals surface area (Å²) in [5.74, 6) is 0.778. The number of rotatable bonds is 3. The van der Waals surface area contributed by atoms with E-state index in [4.69, 9.17) is 9.73 Å². The van der Waals surface area contributed by atoms with Crippen LogP contribution in [0.1, 0.15) is 32.1 Å². The molecule has 1 fully saturated rings. The third kappa shape index (κ3) is 3.38. The fourth-order valence-electron chi connectivity index (χ4n) is 2.77. The zero-order valence-corrected chi connectivity index (χ0v) is 14.7. The molecular weight excluding hydrogens is 314 g/mol. The van der Waals surface area contributed by atoms with Crippen LogP contribution in [0.5, 0.6) is 5.75 Å². The highest BCUT2D eigenvalue weighted by molar-refractivity contribution is 7.80. The molecule has 0 N–H and O–H groups in total. The Kier molecular flexibility index (Phi) is 4.88. The van der Waals surface area contributed by atoms with E-state index >= 15 is 0 Å². The van der Waals surface area contributed by atoms with Crippen LogP contribution in [0, 0.1) is 0 Å². The highest BCUT2D eigenvalue weighted by Crippen LogP contribution is 2.29. The SMILES string of the molecule is COc1ccc(-c2nn(C)c(=NC3CCCCC3)s2)cc1S. The number of nitrogens with zero attached hydrogens (tertiary/aromatic N) is 3. The van der Waals surface area contributed by atoms with Gasteiger partial charge < -0.3 is 4.74 Å². The average Bonchev–Trinajstić information content (AvgIpc) is 2.89. The molecule has 0 aliphatic heterocycles. The predicted octanol–water partition coefficient (Wildman–Crippen LogP) is 3.68. The standard InChI is InChI=1S/C16H21N3OS2/c1-19-16(17-12-6-4-3-5-7-12)22-15(18-19)11-8-9-13(20-2)14(21)10-11/h8-10,12,21H,3-7H2,1-2H3. The molecule has 0 spiro atoms. The van der Waals surface area contributed by atoms with Crippen LogP contribution in [0.25, 0.3) is 10.6 Å². The molecule has 1 aromatic heterocycles. The molecule has 1 saturated carbocycles. The Balaban J connectivity index is 1.91. The summed E-state index contributed by atoms with van der Waals surface area (Å²) in [6.45, 7) is 0. The lowest BCUT2D eigenvalue weighted by Crippen LogP contribution is -2.18. The van der Waals surface area contributed by atoms with Gasteiger partial charge in [0.15, 0.2) is 0 Å². The highest BCUT2D eigenvalue weighted by Gasteiger charge is 2.13. The van der Waals surface area contributed by atoms with Crippen LogP contribution in [-0.2, 0) is 7.05 Å². The van der Waals surface area contributed by atoms with Gasteiger partial charge in [-0.25, -0.2) is 4.68 Å². The summed E-state index contributed by atoms with van der Waals surface area (Å²) in [5.41, 5.74) is 1.05. The number of methoxy groups -OCH3 is 1. The first-order valence-electron chi connectivity index (χ1n) is 7.62. The van der Waals surface area contributed by atoms with Gasteiger partial charge >= 0.3 is 0 Å². The normalized spacial score (nSPS) is 17.0. The molecule has 0 atom stereocenters. The molecule has 1 aromatic carbocycles. The molecule has 0 amide bonds. The third-order valence-corrected chi connectivity index (χ3v) is 5.41. The van der Waals surface area contributed by atoms with Crippen molar-refractivity contribution in [3.8, 4) is 16.3 Å². The van der Waals surface area contributed by atoms with Gasteiger partial charge in [0.25, 0.3) is 0 Å². The number of ether oxygens (including phenoxy) is 1. The van der Waals surface area contributed by atoms with Crippen molar-refractivity contribution in [2.75, 3.05) is 7.11 Å². The summed E-state index contributed by atoms with van der Waals surface area (Å²) < 4.78 is 7.13. The Labute approximate surface area is 140 Å². The maximum Gasteiger partial charge on any atom is 0.203 e. The summed E-state index contributed by atoms with van der Waals surface area (Å²) in [6, 6.07) is 6.40. The molecule has 4 nitrogen and oxygen atoms in total. The number of benzene rings is 1. The van der Waals surface area contributed by atoms with Crippen LogP contribution in [0.4, 0.5) is 0 Å². The highest BCUT2D eigenvalue weighted by atomic mass is 32.1. The van der Waals surface area contributed by atoms with Crippen molar-refractivity contribution >= 4 is 24.0 Å². The molecule has 22 heavy (non-hydrogen) atoms. The maximum absolute atomic E-state index is 5.25. The van der Waals surface area contributed by atoms with Crippen molar-refractivity contribution in [2.24, 2.45) is 12.0 Å². The Morgan fingerprint density at radius 2 is 2.09 bits per heavy atom. The van der Waals surface area contributed by atoms with Crippen LogP contribution in [-0.4, -0.2) is 22.9 Å². The van der Waals surface area contributed by atoms with E-state index in [9.17, 15) is 0 Å². The minimum absolute atomic E-state index is 0.463. The van der Waals surface area contributed by atoms with Gasteiger partial charge in [-0.15, -0.1) is 12.6 Å². The molecule has 2 aromatic rings. The lowest BCUT2D eigenvalue weighted by molar-refractivity contribution is 0.405. The summed E-state index contributed by atoms with van der Waals surface area (Å²) in [5, 5.41) is 5.58. The van der Waals surface area contributed by atoms with E-state index in [0.717, 1.165) is 26.0 Å². The van der Waals surface area contributed by atoms with E-state index in [2.05, 4.69) is 17.7 Å². The molecule has 0 unspecified atom stereocenters. The smallest absolute Gasteiger partial charge is 0.203 e. The Morgan fingerprint density at radius 1 is 1.32 bits per heavy atom. The average molecular weight is 335 g/mol. The second-order valence-electron chi connectivity index (χ2n) is 5.62. The lowest BCUT2D eigenvalue weighted by atomic mass is 9.96. The van der Waals surface area contributed by atoms with Gasteiger partial charge in [-0.2, -0.15) is 5.10 Å². The van der Waals surface area contributed by atoms with E-state index in [1.54, 1.807) is 18.4 Å². The predicted molar refractivity (Wildman–Crippen MR) is 92.8 cm³/mol. The Hall–Kier alpha value is -1.27. The third-order valence-electron chi connectivity index (χ3n) is 4.00. The molecule has 0 saturated heterocycles. The molecule has 1 aliphatic rings. The molecule has 0 radical (unpaired) electrons. The quantitative estimate of drug-likeness (QED) is 0.869. The van der Waals surface area contributed by atoms with Crippen molar-refractivity contribution in [1.82, 2.24) is 9.78 Å². The van der Waals surface area contributed by atoms with Crippen molar-refractivity contribution in [3.05, 3.63) is 23.0 Å². The van der Waals surface area contributed by atoms with Crippen LogP contribution in [0.15, 0.2) is 28.1 Å². The summed E-state index contributed by atoms with van der Waals surface area (Å²) >= 11 is 6.10. The summed E-state index contributed by atoms with van der Waals surface area (Å²) in [7, 11) is 3.62. The fourth-order valence-corrected chi connectivity index (χ4v) is 4.03. The first-order chi connectivity index (χ1) is 10.7. The second kappa shape index (κ2) is 6.87. The second-order valence-corrected chi connectivity index (χ2v) is 7.06. The van der Waals surface area contributed by atoms with Crippen molar-refractivity contribution < 1.29 is 4.74 Å². The summed E-state index contributed by atoms with van der Waals surface area (Å²) in [4.78, 5) is 6.72. The van der Waals surface area contributed by atoms with Gasteiger partial charge in [-0.1, -0.05) is 30.6 Å². The van der Waals surface area contributed by atoms with Crippen LogP contribution in [0.2, 0.25) is 0 Å². The lowest BCUT2D eigenvalue weighted by Gasteiger charge is -2.16. The van der Waals surface area contributed by atoms with E-state index < -0.39 is 0 Å². The number of hydrogen-bond donors (Lipinski definition) is 1. The summed E-state index contributed by atoms with van der Waals surface area (Å²) in [6.07, 6.45) is 6.35. The van der Waals surface area contributed by atoms with Gasteiger partial charge in [0.1, 0.15) is 10.8 Å². The molecular formula is C16H21N3OS2. The molecule has 6 heteroatoms. The minimum Gasteiger partial charge on any atom is -0.496 e. The first-order valence-corrected chi connectivity index (χ1v) is 8.89. The molecule has 118 valence electrons. The topological polar surface area (TPSA) is 39.4 Å². The first kappa shape index (κ1) is 15.6. The Bertz CT molecular complexity index is 714. The zero-order chi connectivity index (χ0) is 15.5. The largest absolute Gasteiger partial charge is 0.496 e. The van der Waals surface area contributed by atoms with Gasteiger partial charge in [0.2, 0.25) is 4.80 Å². The van der Waals surface area contributed by atoms with Gasteiger partial charge in [-0.3, -0.25) is 4.99 Å². The zero-order valence-electron chi connectivity index (χ0n) is 13.0. The van der Waals surface area contributed by atoms with Crippen molar-refractivity contribution in [3.63, 3.8) is 0 Å². The van der Waals surface area contributed by atoms with Crippen LogP contribution in [0.3, 0.4) is 0 Å². The monoisotopic (exact) mass is 335 g/mol. The van der Waals surface area contributed by atoms with E-state index in [1.165, 1.54) is 32.1 Å². The maximum atomic E-state index is 5.25. The van der Waals surface area contributed by atoms with Gasteiger partial charge in [0.05, 0.1) is 13.2 Å². The van der Waals surface area contributed by atoms with Crippen LogP contribution >= 0.6 is 24.0 Å². The Morgan fingerprint density at radius 3 is 2.77 bits per heavy atom. The number of aromatic nitrogens is 2. The van der Waals surface area contributed by atoms with Crippen molar-refractivity contribution in [2.45, 2.75) is 43.0 Å². The van der Waals surface area contributed by atoms with E-state index in [-0.39, 0.29) is 0 Å². The fraction of sp³-hybridized carbons (Fsp3) is 0.500. The number of thiol groups is 1. The van der Waals surface area contributed by atoms with E-state index in [1.807, 2.05) is 29.9 Å².